The highest BCUT2D eigenvalue weighted by Crippen LogP contribution is 2.34. The highest BCUT2D eigenvalue weighted by Gasteiger charge is 2.21. The summed E-state index contributed by atoms with van der Waals surface area (Å²) < 4.78 is 11.5. The van der Waals surface area contributed by atoms with E-state index in [-0.39, 0.29) is 23.6 Å². The number of carbonyl (C=O) groups is 1. The van der Waals surface area contributed by atoms with Crippen molar-refractivity contribution >= 4 is 17.7 Å². The van der Waals surface area contributed by atoms with Crippen LogP contribution in [0, 0.1) is 5.92 Å². The second-order valence-corrected chi connectivity index (χ2v) is 8.61. The molecule has 0 fully saturated rings. The van der Waals surface area contributed by atoms with Crippen LogP contribution in [0.25, 0.3) is 11.4 Å². The summed E-state index contributed by atoms with van der Waals surface area (Å²) in [4.78, 5) is 17.1. The molecule has 0 spiro atoms. The van der Waals surface area contributed by atoms with E-state index in [2.05, 4.69) is 34.3 Å². The molecule has 7 nitrogen and oxygen atoms in total. The Hall–Kier alpha value is -3.00. The van der Waals surface area contributed by atoms with Crippen LogP contribution in [0.1, 0.15) is 31.9 Å². The summed E-state index contributed by atoms with van der Waals surface area (Å²) >= 11 is 1.31. The second kappa shape index (κ2) is 9.87. The lowest BCUT2D eigenvalue weighted by molar-refractivity contribution is -0.119. The number of aromatic amines is 1. The summed E-state index contributed by atoms with van der Waals surface area (Å²) in [5.41, 5.74) is 1.96. The first-order valence-corrected chi connectivity index (χ1v) is 11.4. The molecule has 1 aliphatic heterocycles. The minimum atomic E-state index is -0.128. The molecule has 0 bridgehead atoms. The van der Waals surface area contributed by atoms with Crippen molar-refractivity contribution in [1.29, 1.82) is 0 Å². The minimum absolute atomic E-state index is 0.0677. The first kappa shape index (κ1) is 21.2. The van der Waals surface area contributed by atoms with E-state index < -0.39 is 0 Å². The topological polar surface area (TPSA) is 89.1 Å². The average molecular weight is 439 g/mol. The van der Waals surface area contributed by atoms with Gasteiger partial charge < -0.3 is 14.8 Å². The van der Waals surface area contributed by atoms with E-state index in [1.54, 1.807) is 0 Å². The van der Waals surface area contributed by atoms with Gasteiger partial charge in [-0.1, -0.05) is 62.0 Å². The van der Waals surface area contributed by atoms with Crippen LogP contribution < -0.4 is 14.8 Å². The molecular weight excluding hydrogens is 412 g/mol. The highest BCUT2D eigenvalue weighted by molar-refractivity contribution is 7.99. The van der Waals surface area contributed by atoms with Gasteiger partial charge in [-0.25, -0.2) is 4.98 Å². The maximum Gasteiger partial charge on any atom is 0.230 e. The third-order valence-corrected chi connectivity index (χ3v) is 5.81. The van der Waals surface area contributed by atoms with Gasteiger partial charge in [-0.15, -0.1) is 5.10 Å². The standard InChI is InChI=1S/C23H26N4O3S/c1-15(2)21(17-9-10-18-19(13-17)30-12-6-11-29-18)24-20(28)14-31-23-25-22(26-27-23)16-7-4-3-5-8-16/h3-5,7-10,13,15,21H,6,11-12,14H2,1-2H3,(H,24,28)(H,25,26,27). The van der Waals surface area contributed by atoms with Gasteiger partial charge in [0.15, 0.2) is 17.3 Å². The van der Waals surface area contributed by atoms with Gasteiger partial charge in [0.2, 0.25) is 11.1 Å². The third kappa shape index (κ3) is 5.38. The number of benzene rings is 2. The maximum atomic E-state index is 12.7. The molecule has 1 unspecified atom stereocenters. The zero-order valence-electron chi connectivity index (χ0n) is 17.6. The first-order valence-electron chi connectivity index (χ1n) is 10.4. The second-order valence-electron chi connectivity index (χ2n) is 7.67. The van der Waals surface area contributed by atoms with E-state index in [0.29, 0.717) is 24.2 Å². The van der Waals surface area contributed by atoms with E-state index in [1.165, 1.54) is 11.8 Å². The molecule has 8 heteroatoms. The Morgan fingerprint density at radius 2 is 1.90 bits per heavy atom. The number of amides is 1. The van der Waals surface area contributed by atoms with E-state index in [9.17, 15) is 4.79 Å². The quantitative estimate of drug-likeness (QED) is 0.537. The van der Waals surface area contributed by atoms with Gasteiger partial charge in [-0.2, -0.15) is 0 Å². The molecule has 0 radical (unpaired) electrons. The summed E-state index contributed by atoms with van der Waals surface area (Å²) in [6.07, 6.45) is 0.860. The molecule has 31 heavy (non-hydrogen) atoms. The minimum Gasteiger partial charge on any atom is -0.490 e. The van der Waals surface area contributed by atoms with Crippen molar-refractivity contribution < 1.29 is 14.3 Å². The Balaban J connectivity index is 1.38. The predicted molar refractivity (Wildman–Crippen MR) is 120 cm³/mol. The summed E-state index contributed by atoms with van der Waals surface area (Å²) in [5, 5.41) is 10.8. The first-order chi connectivity index (χ1) is 15.1. The van der Waals surface area contributed by atoms with Gasteiger partial charge in [0.05, 0.1) is 25.0 Å². The molecule has 1 aliphatic rings. The zero-order chi connectivity index (χ0) is 21.6. The molecule has 2 N–H and O–H groups in total. The van der Waals surface area contributed by atoms with Crippen LogP contribution >= 0.6 is 11.8 Å². The fraction of sp³-hybridized carbons (Fsp3) is 0.348. The number of ether oxygens (including phenoxy) is 2. The van der Waals surface area contributed by atoms with E-state index >= 15 is 0 Å². The van der Waals surface area contributed by atoms with Crippen molar-refractivity contribution in [2.45, 2.75) is 31.5 Å². The molecule has 4 rings (SSSR count). The van der Waals surface area contributed by atoms with E-state index in [4.69, 9.17) is 9.47 Å². The van der Waals surface area contributed by atoms with Crippen molar-refractivity contribution in [2.75, 3.05) is 19.0 Å². The normalized spacial score (nSPS) is 14.2. The van der Waals surface area contributed by atoms with Crippen molar-refractivity contribution in [1.82, 2.24) is 20.5 Å². The Labute approximate surface area is 186 Å². The molecule has 1 amide bonds. The predicted octanol–water partition coefficient (Wildman–Crippen LogP) is 4.24. The summed E-state index contributed by atoms with van der Waals surface area (Å²) in [6.45, 7) is 5.46. The third-order valence-electron chi connectivity index (χ3n) is 4.96. The van der Waals surface area contributed by atoms with E-state index in [1.807, 2.05) is 48.5 Å². The number of aromatic nitrogens is 3. The lowest BCUT2D eigenvalue weighted by Crippen LogP contribution is -2.33. The SMILES string of the molecule is CC(C)C(NC(=O)CSc1n[nH]c(-c2ccccc2)n1)c1ccc2c(c1)OCCCO2. The lowest BCUT2D eigenvalue weighted by atomic mass is 9.95. The van der Waals surface area contributed by atoms with Crippen LogP contribution in [-0.2, 0) is 4.79 Å². The fourth-order valence-electron chi connectivity index (χ4n) is 3.39. The maximum absolute atomic E-state index is 12.7. The van der Waals surface area contributed by atoms with Gasteiger partial charge in [0.25, 0.3) is 0 Å². The monoisotopic (exact) mass is 438 g/mol. The lowest BCUT2D eigenvalue weighted by Gasteiger charge is -2.23. The van der Waals surface area contributed by atoms with Crippen LogP contribution in [-0.4, -0.2) is 40.1 Å². The van der Waals surface area contributed by atoms with Crippen LogP contribution in [0.5, 0.6) is 11.5 Å². The van der Waals surface area contributed by atoms with Gasteiger partial charge in [-0.3, -0.25) is 9.89 Å². The molecule has 0 saturated carbocycles. The number of nitrogens with zero attached hydrogens (tertiary/aromatic N) is 2. The van der Waals surface area contributed by atoms with E-state index in [0.717, 1.165) is 29.0 Å². The Bertz CT molecular complexity index is 1020. The molecule has 2 heterocycles. The fourth-order valence-corrected chi connectivity index (χ4v) is 4.00. The van der Waals surface area contributed by atoms with Gasteiger partial charge in [0.1, 0.15) is 0 Å². The number of hydrogen-bond donors (Lipinski definition) is 2. The molecule has 162 valence electrons. The smallest absolute Gasteiger partial charge is 0.230 e. The number of nitrogens with one attached hydrogen (secondary N) is 2. The zero-order valence-corrected chi connectivity index (χ0v) is 18.4. The summed E-state index contributed by atoms with van der Waals surface area (Å²) in [7, 11) is 0. The van der Waals surface area contributed by atoms with Crippen molar-refractivity contribution in [3.8, 4) is 22.9 Å². The van der Waals surface area contributed by atoms with Crippen molar-refractivity contribution in [3.63, 3.8) is 0 Å². The van der Waals surface area contributed by atoms with Crippen LogP contribution in [0.4, 0.5) is 0 Å². The molecule has 0 aliphatic carbocycles. The Kier molecular flexibility index (Phi) is 6.76. The Morgan fingerprint density at radius 3 is 2.68 bits per heavy atom. The van der Waals surface area contributed by atoms with Crippen LogP contribution in [0.15, 0.2) is 53.7 Å². The largest absolute Gasteiger partial charge is 0.490 e. The summed E-state index contributed by atoms with van der Waals surface area (Å²) in [5.74, 6) is 2.56. The van der Waals surface area contributed by atoms with Crippen molar-refractivity contribution in [3.05, 3.63) is 54.1 Å². The van der Waals surface area contributed by atoms with Crippen LogP contribution in [0.2, 0.25) is 0 Å². The molecule has 0 saturated heterocycles. The number of carbonyl (C=O) groups excluding carboxylic acids is 1. The van der Waals surface area contributed by atoms with Crippen molar-refractivity contribution in [2.24, 2.45) is 5.92 Å². The Morgan fingerprint density at radius 1 is 1.13 bits per heavy atom. The summed E-state index contributed by atoms with van der Waals surface area (Å²) in [6, 6.07) is 15.5. The number of thioether (sulfide) groups is 1. The number of H-pyrrole nitrogens is 1. The number of fused-ring (bicyclic) bond motifs is 1. The molecule has 2 aromatic carbocycles. The molecular formula is C23H26N4O3S. The van der Waals surface area contributed by atoms with Gasteiger partial charge in [0, 0.05) is 12.0 Å². The highest BCUT2D eigenvalue weighted by atomic mass is 32.2. The molecule has 3 aromatic rings. The molecule has 1 aromatic heterocycles. The number of hydrogen-bond acceptors (Lipinski definition) is 6. The van der Waals surface area contributed by atoms with Gasteiger partial charge in [-0.05, 0) is 23.6 Å². The van der Waals surface area contributed by atoms with Crippen LogP contribution in [0.3, 0.4) is 0 Å². The van der Waals surface area contributed by atoms with Gasteiger partial charge >= 0.3 is 0 Å². The molecule has 1 atom stereocenters. The number of rotatable bonds is 7. The average Bonchev–Trinajstić information content (AvgIpc) is 3.14.